The van der Waals surface area contributed by atoms with Crippen molar-refractivity contribution in [1.82, 2.24) is 5.32 Å². The van der Waals surface area contributed by atoms with Crippen LogP contribution in [0.3, 0.4) is 0 Å². The van der Waals surface area contributed by atoms with Gasteiger partial charge in [0.2, 0.25) is 0 Å². The van der Waals surface area contributed by atoms with Gasteiger partial charge in [-0.1, -0.05) is 6.07 Å². The number of benzene rings is 1. The quantitative estimate of drug-likeness (QED) is 0.861. The normalized spacial score (nSPS) is 32.1. The Labute approximate surface area is 125 Å². The van der Waals surface area contributed by atoms with E-state index in [2.05, 4.69) is 21.2 Å². The number of nitrogens with two attached hydrogens (primary N) is 1. The highest BCUT2D eigenvalue weighted by molar-refractivity contribution is 9.10. The number of nitrogens with one attached hydrogen (secondary N) is 1. The van der Waals surface area contributed by atoms with Gasteiger partial charge in [0.15, 0.2) is 0 Å². The van der Waals surface area contributed by atoms with Crippen LogP contribution >= 0.6 is 15.9 Å². The van der Waals surface area contributed by atoms with Gasteiger partial charge in [-0.2, -0.15) is 0 Å². The second-order valence-electron chi connectivity index (χ2n) is 5.32. The van der Waals surface area contributed by atoms with Crippen LogP contribution < -0.4 is 11.1 Å². The lowest BCUT2D eigenvalue weighted by Gasteiger charge is -2.52. The molecule has 1 heterocycles. The van der Waals surface area contributed by atoms with Gasteiger partial charge in [-0.25, -0.2) is 4.39 Å². The topological polar surface area (TPSA) is 64.3 Å². The maximum absolute atomic E-state index is 13.4. The molecule has 1 saturated heterocycles. The average Bonchev–Trinajstić information content (AvgIpc) is 2.47. The van der Waals surface area contributed by atoms with Crippen LogP contribution in [0.2, 0.25) is 0 Å². The molecule has 2 fully saturated rings. The maximum Gasteiger partial charge on any atom is 0.252 e. The molecule has 0 spiro atoms. The Morgan fingerprint density at radius 3 is 3.10 bits per heavy atom. The molecule has 1 aromatic rings. The average molecular weight is 343 g/mol. The van der Waals surface area contributed by atoms with E-state index in [1.54, 1.807) is 6.07 Å². The summed E-state index contributed by atoms with van der Waals surface area (Å²) >= 11 is 3.10. The van der Waals surface area contributed by atoms with Crippen LogP contribution in [0.4, 0.5) is 4.39 Å². The molecule has 1 aromatic carbocycles. The number of hydrogen-bond acceptors (Lipinski definition) is 3. The summed E-state index contributed by atoms with van der Waals surface area (Å²) in [5.41, 5.74) is 6.37. The summed E-state index contributed by atoms with van der Waals surface area (Å²) in [5, 5.41) is 2.86. The second-order valence-corrected chi connectivity index (χ2v) is 6.11. The highest BCUT2D eigenvalue weighted by Gasteiger charge is 2.51. The van der Waals surface area contributed by atoms with E-state index in [0.717, 1.165) is 12.8 Å². The minimum absolute atomic E-state index is 0.00460. The maximum atomic E-state index is 13.4. The number of hydrogen-bond donors (Lipinski definition) is 2. The molecule has 3 N–H and O–H groups in total. The second kappa shape index (κ2) is 5.42. The first-order valence-electron chi connectivity index (χ1n) is 6.71. The van der Waals surface area contributed by atoms with Crippen LogP contribution in [-0.4, -0.2) is 30.7 Å². The van der Waals surface area contributed by atoms with Crippen molar-refractivity contribution < 1.29 is 13.9 Å². The number of carbonyl (C=O) groups is 1. The Balaban J connectivity index is 1.72. The Morgan fingerprint density at radius 1 is 1.50 bits per heavy atom. The van der Waals surface area contributed by atoms with Crippen LogP contribution in [0.15, 0.2) is 22.7 Å². The van der Waals surface area contributed by atoms with Crippen LogP contribution in [0.5, 0.6) is 0 Å². The molecular formula is C14H16BrFN2O2. The van der Waals surface area contributed by atoms with Crippen molar-refractivity contribution in [1.29, 1.82) is 0 Å². The SMILES string of the molecule is NC1C2CCCOC2C1NC(=O)c1cccc(F)c1Br. The van der Waals surface area contributed by atoms with E-state index >= 15 is 0 Å². The van der Waals surface area contributed by atoms with Crippen LogP contribution in [0, 0.1) is 11.7 Å². The number of ether oxygens (including phenoxy) is 1. The first kappa shape index (κ1) is 14.0. The first-order chi connectivity index (χ1) is 9.59. The molecule has 0 aromatic heterocycles. The van der Waals surface area contributed by atoms with Gasteiger partial charge in [-0.3, -0.25) is 4.79 Å². The summed E-state index contributed by atoms with van der Waals surface area (Å²) in [7, 11) is 0. The Morgan fingerprint density at radius 2 is 2.30 bits per heavy atom. The largest absolute Gasteiger partial charge is 0.376 e. The van der Waals surface area contributed by atoms with E-state index in [-0.39, 0.29) is 34.1 Å². The fraction of sp³-hybridized carbons (Fsp3) is 0.500. The van der Waals surface area contributed by atoms with Crippen LogP contribution in [0.1, 0.15) is 23.2 Å². The molecule has 0 radical (unpaired) electrons. The zero-order valence-electron chi connectivity index (χ0n) is 10.8. The number of carbonyl (C=O) groups excluding carboxylic acids is 1. The molecule has 3 rings (SSSR count). The van der Waals surface area contributed by atoms with Gasteiger partial charge in [0.1, 0.15) is 5.82 Å². The van der Waals surface area contributed by atoms with Crippen molar-refractivity contribution in [3.05, 3.63) is 34.1 Å². The van der Waals surface area contributed by atoms with Gasteiger partial charge in [0.05, 0.1) is 22.2 Å². The lowest BCUT2D eigenvalue weighted by atomic mass is 9.68. The zero-order chi connectivity index (χ0) is 14.3. The first-order valence-corrected chi connectivity index (χ1v) is 7.51. The van der Waals surface area contributed by atoms with Gasteiger partial charge in [-0.15, -0.1) is 0 Å². The highest BCUT2D eigenvalue weighted by atomic mass is 79.9. The zero-order valence-corrected chi connectivity index (χ0v) is 12.4. The fourth-order valence-electron chi connectivity index (χ4n) is 3.03. The van der Waals surface area contributed by atoms with Gasteiger partial charge < -0.3 is 15.8 Å². The highest BCUT2D eigenvalue weighted by Crippen LogP contribution is 2.37. The Hall–Kier alpha value is -0.980. The van der Waals surface area contributed by atoms with E-state index in [9.17, 15) is 9.18 Å². The van der Waals surface area contributed by atoms with Crippen LogP contribution in [-0.2, 0) is 4.74 Å². The number of rotatable bonds is 2. The van der Waals surface area contributed by atoms with Gasteiger partial charge in [0.25, 0.3) is 5.91 Å². The summed E-state index contributed by atoms with van der Waals surface area (Å²) in [6.07, 6.45) is 2.06. The molecule has 1 aliphatic heterocycles. The fourth-order valence-corrected chi connectivity index (χ4v) is 3.48. The van der Waals surface area contributed by atoms with Crippen molar-refractivity contribution in [2.24, 2.45) is 11.7 Å². The Bertz CT molecular complexity index is 540. The molecule has 1 aliphatic carbocycles. The van der Waals surface area contributed by atoms with Gasteiger partial charge >= 0.3 is 0 Å². The third kappa shape index (κ3) is 2.25. The third-order valence-electron chi connectivity index (χ3n) is 4.17. The monoisotopic (exact) mass is 342 g/mol. The molecule has 4 unspecified atom stereocenters. The minimum Gasteiger partial charge on any atom is -0.376 e. The van der Waals surface area contributed by atoms with E-state index in [1.807, 2.05) is 0 Å². The van der Waals surface area contributed by atoms with E-state index in [1.165, 1.54) is 12.1 Å². The molecule has 1 saturated carbocycles. The predicted molar refractivity (Wildman–Crippen MR) is 75.8 cm³/mol. The summed E-state index contributed by atoms with van der Waals surface area (Å²) in [6.45, 7) is 0.712. The van der Waals surface area contributed by atoms with Crippen molar-refractivity contribution in [2.75, 3.05) is 6.61 Å². The molecule has 20 heavy (non-hydrogen) atoms. The molecule has 1 amide bonds. The van der Waals surface area contributed by atoms with Crippen molar-refractivity contribution in [3.8, 4) is 0 Å². The third-order valence-corrected chi connectivity index (χ3v) is 4.98. The summed E-state index contributed by atoms with van der Waals surface area (Å²) < 4.78 is 19.3. The number of halogens is 2. The minimum atomic E-state index is -0.456. The standard InChI is InChI=1S/C14H16BrFN2O2/c15-10-7(3-1-5-9(10)16)14(19)18-12-11(17)8-4-2-6-20-13(8)12/h1,3,5,8,11-13H,2,4,6,17H2,(H,18,19). The van der Waals surface area contributed by atoms with E-state index in [0.29, 0.717) is 12.5 Å². The molecule has 2 aliphatic rings. The van der Waals surface area contributed by atoms with Crippen molar-refractivity contribution in [3.63, 3.8) is 0 Å². The molecule has 108 valence electrons. The van der Waals surface area contributed by atoms with Gasteiger partial charge in [-0.05, 0) is 40.9 Å². The van der Waals surface area contributed by atoms with Gasteiger partial charge in [0, 0.05) is 18.6 Å². The number of amides is 1. The van der Waals surface area contributed by atoms with Crippen molar-refractivity contribution in [2.45, 2.75) is 31.0 Å². The predicted octanol–water partition coefficient (Wildman–Crippen LogP) is 1.82. The van der Waals surface area contributed by atoms with Crippen LogP contribution in [0.25, 0.3) is 0 Å². The van der Waals surface area contributed by atoms with E-state index in [4.69, 9.17) is 10.5 Å². The molecule has 4 nitrogen and oxygen atoms in total. The Kier molecular flexibility index (Phi) is 3.79. The number of fused-ring (bicyclic) bond motifs is 1. The van der Waals surface area contributed by atoms with Crippen molar-refractivity contribution >= 4 is 21.8 Å². The molecular weight excluding hydrogens is 327 g/mol. The summed E-state index contributed by atoms with van der Waals surface area (Å²) in [5.74, 6) is -0.461. The summed E-state index contributed by atoms with van der Waals surface area (Å²) in [6, 6.07) is 4.11. The smallest absolute Gasteiger partial charge is 0.252 e. The molecule has 0 bridgehead atoms. The lowest BCUT2D eigenvalue weighted by Crippen LogP contribution is -2.72. The summed E-state index contributed by atoms with van der Waals surface area (Å²) in [4.78, 5) is 12.2. The molecule has 6 heteroatoms. The molecule has 4 atom stereocenters. The lowest BCUT2D eigenvalue weighted by molar-refractivity contribution is -0.117. The van der Waals surface area contributed by atoms with E-state index < -0.39 is 5.82 Å².